The van der Waals surface area contributed by atoms with Crippen molar-refractivity contribution in [3.05, 3.63) is 45.4 Å². The molecule has 0 amide bonds. The Morgan fingerprint density at radius 1 is 1.19 bits per heavy atom. The summed E-state index contributed by atoms with van der Waals surface area (Å²) in [5, 5.41) is 4.78. The molecule has 0 bridgehead atoms. The van der Waals surface area contributed by atoms with Crippen LogP contribution in [0.1, 0.15) is 54.0 Å². The van der Waals surface area contributed by atoms with Crippen LogP contribution < -0.4 is 10.1 Å². The molecular weight excluding hydrogens is 280 g/mol. The van der Waals surface area contributed by atoms with E-state index in [1.807, 2.05) is 19.1 Å². The third-order valence-electron chi connectivity index (χ3n) is 3.52. The Labute approximate surface area is 131 Å². The average molecular weight is 304 g/mol. The zero-order valence-corrected chi connectivity index (χ0v) is 14.3. The third kappa shape index (κ3) is 3.83. The quantitative estimate of drug-likeness (QED) is 0.849. The molecule has 0 saturated carbocycles. The van der Waals surface area contributed by atoms with E-state index in [0.717, 1.165) is 16.5 Å². The van der Waals surface area contributed by atoms with E-state index in [4.69, 9.17) is 4.74 Å². The van der Waals surface area contributed by atoms with Gasteiger partial charge in [-0.25, -0.2) is 4.98 Å². The molecule has 4 heteroatoms. The van der Waals surface area contributed by atoms with Crippen LogP contribution in [0.25, 0.3) is 0 Å². The fraction of sp³-hybridized carbons (Fsp3) is 0.471. The lowest BCUT2D eigenvalue weighted by atomic mass is 10.1. The SMILES string of the molecule is CCOc1ccccc1C(C)NC(C)c1sc(C)nc1C. The van der Waals surface area contributed by atoms with Crippen molar-refractivity contribution < 1.29 is 4.74 Å². The van der Waals surface area contributed by atoms with E-state index < -0.39 is 0 Å². The number of nitrogens with one attached hydrogen (secondary N) is 1. The van der Waals surface area contributed by atoms with E-state index >= 15 is 0 Å². The second kappa shape index (κ2) is 7.05. The smallest absolute Gasteiger partial charge is 0.124 e. The summed E-state index contributed by atoms with van der Waals surface area (Å²) in [6.45, 7) is 11.2. The number of benzene rings is 1. The largest absolute Gasteiger partial charge is 0.494 e. The van der Waals surface area contributed by atoms with Gasteiger partial charge in [0.15, 0.2) is 0 Å². The van der Waals surface area contributed by atoms with E-state index in [1.54, 1.807) is 11.3 Å². The van der Waals surface area contributed by atoms with Crippen LogP contribution in [0.4, 0.5) is 0 Å². The van der Waals surface area contributed by atoms with Gasteiger partial charge in [-0.15, -0.1) is 11.3 Å². The average Bonchev–Trinajstić information content (AvgIpc) is 2.78. The number of rotatable bonds is 6. The van der Waals surface area contributed by atoms with E-state index in [9.17, 15) is 0 Å². The highest BCUT2D eigenvalue weighted by molar-refractivity contribution is 7.11. The van der Waals surface area contributed by atoms with Crippen LogP contribution in [0, 0.1) is 13.8 Å². The van der Waals surface area contributed by atoms with Crippen molar-refractivity contribution in [2.75, 3.05) is 6.61 Å². The summed E-state index contributed by atoms with van der Waals surface area (Å²) >= 11 is 1.77. The molecule has 2 rings (SSSR count). The number of para-hydroxylation sites is 1. The molecule has 0 aliphatic heterocycles. The van der Waals surface area contributed by atoms with Gasteiger partial charge in [-0.05, 0) is 40.7 Å². The number of hydrogen-bond donors (Lipinski definition) is 1. The molecule has 0 spiro atoms. The van der Waals surface area contributed by atoms with Crippen molar-refractivity contribution >= 4 is 11.3 Å². The van der Waals surface area contributed by atoms with E-state index in [2.05, 4.69) is 50.1 Å². The molecule has 3 nitrogen and oxygen atoms in total. The predicted octanol–water partition coefficient (Wildman–Crippen LogP) is 4.57. The minimum absolute atomic E-state index is 0.226. The number of thiazole rings is 1. The summed E-state index contributed by atoms with van der Waals surface area (Å²) in [5.41, 5.74) is 2.33. The highest BCUT2D eigenvalue weighted by atomic mass is 32.1. The molecule has 1 aromatic carbocycles. The van der Waals surface area contributed by atoms with Crippen molar-refractivity contribution in [2.24, 2.45) is 0 Å². The van der Waals surface area contributed by atoms with Crippen LogP contribution in [0.3, 0.4) is 0 Å². The number of hydrogen-bond acceptors (Lipinski definition) is 4. The summed E-state index contributed by atoms with van der Waals surface area (Å²) < 4.78 is 5.72. The van der Waals surface area contributed by atoms with Crippen LogP contribution in [-0.4, -0.2) is 11.6 Å². The van der Waals surface area contributed by atoms with Crippen molar-refractivity contribution in [3.8, 4) is 5.75 Å². The summed E-state index contributed by atoms with van der Waals surface area (Å²) in [4.78, 5) is 5.83. The van der Waals surface area contributed by atoms with Crippen molar-refractivity contribution in [3.63, 3.8) is 0 Å². The lowest BCUT2D eigenvalue weighted by Gasteiger charge is -2.22. The van der Waals surface area contributed by atoms with Crippen LogP contribution in [0.2, 0.25) is 0 Å². The Hall–Kier alpha value is -1.39. The molecule has 0 fully saturated rings. The lowest BCUT2D eigenvalue weighted by Crippen LogP contribution is -2.23. The van der Waals surface area contributed by atoms with Crippen LogP contribution in [0.15, 0.2) is 24.3 Å². The second-order valence-electron chi connectivity index (χ2n) is 5.26. The first kappa shape index (κ1) is 16.0. The van der Waals surface area contributed by atoms with Gasteiger partial charge in [0, 0.05) is 22.5 Å². The first-order chi connectivity index (χ1) is 10.0. The Bertz CT molecular complexity index is 594. The molecule has 1 N–H and O–H groups in total. The molecule has 0 aliphatic rings. The molecule has 2 aromatic rings. The summed E-state index contributed by atoms with van der Waals surface area (Å²) in [6, 6.07) is 8.74. The fourth-order valence-corrected chi connectivity index (χ4v) is 3.55. The van der Waals surface area contributed by atoms with Gasteiger partial charge in [-0.1, -0.05) is 18.2 Å². The third-order valence-corrected chi connectivity index (χ3v) is 4.77. The van der Waals surface area contributed by atoms with Gasteiger partial charge >= 0.3 is 0 Å². The maximum absolute atomic E-state index is 5.72. The van der Waals surface area contributed by atoms with Crippen LogP contribution >= 0.6 is 11.3 Å². The molecule has 0 saturated heterocycles. The second-order valence-corrected chi connectivity index (χ2v) is 6.50. The zero-order valence-electron chi connectivity index (χ0n) is 13.4. The van der Waals surface area contributed by atoms with Crippen LogP contribution in [-0.2, 0) is 0 Å². The maximum atomic E-state index is 5.72. The molecule has 0 radical (unpaired) electrons. The lowest BCUT2D eigenvalue weighted by molar-refractivity contribution is 0.331. The molecule has 1 heterocycles. The van der Waals surface area contributed by atoms with Crippen molar-refractivity contribution in [1.29, 1.82) is 0 Å². The van der Waals surface area contributed by atoms with Gasteiger partial charge in [-0.2, -0.15) is 0 Å². The maximum Gasteiger partial charge on any atom is 0.124 e. The van der Waals surface area contributed by atoms with Gasteiger partial charge in [0.05, 0.1) is 17.3 Å². The van der Waals surface area contributed by atoms with Gasteiger partial charge in [0.1, 0.15) is 5.75 Å². The highest BCUT2D eigenvalue weighted by Crippen LogP contribution is 2.30. The Morgan fingerprint density at radius 3 is 2.52 bits per heavy atom. The van der Waals surface area contributed by atoms with E-state index in [-0.39, 0.29) is 12.1 Å². The minimum atomic E-state index is 0.226. The van der Waals surface area contributed by atoms with Gasteiger partial charge < -0.3 is 10.1 Å². The zero-order chi connectivity index (χ0) is 15.4. The van der Waals surface area contributed by atoms with E-state index in [0.29, 0.717) is 6.61 Å². The highest BCUT2D eigenvalue weighted by Gasteiger charge is 2.17. The molecule has 21 heavy (non-hydrogen) atoms. The Balaban J connectivity index is 2.14. The molecular formula is C17H24N2OS. The topological polar surface area (TPSA) is 34.1 Å². The van der Waals surface area contributed by atoms with Crippen molar-refractivity contribution in [2.45, 2.75) is 46.7 Å². The minimum Gasteiger partial charge on any atom is -0.494 e. The first-order valence-corrected chi connectivity index (χ1v) is 8.26. The molecule has 2 unspecified atom stereocenters. The van der Waals surface area contributed by atoms with Crippen molar-refractivity contribution in [1.82, 2.24) is 10.3 Å². The standard InChI is InChI=1S/C17H24N2OS/c1-6-20-16-10-8-7-9-15(16)11(2)18-12(3)17-13(4)19-14(5)21-17/h7-12,18H,6H2,1-5H3. The Kier molecular flexibility index (Phi) is 5.37. The molecule has 0 aliphatic carbocycles. The number of aryl methyl sites for hydroxylation is 2. The first-order valence-electron chi connectivity index (χ1n) is 7.44. The molecule has 1 aromatic heterocycles. The predicted molar refractivity (Wildman–Crippen MR) is 89.2 cm³/mol. The van der Waals surface area contributed by atoms with E-state index in [1.165, 1.54) is 10.4 Å². The number of ether oxygens (including phenoxy) is 1. The van der Waals surface area contributed by atoms with Crippen LogP contribution in [0.5, 0.6) is 5.75 Å². The number of aromatic nitrogens is 1. The summed E-state index contributed by atoms with van der Waals surface area (Å²) in [6.07, 6.45) is 0. The Morgan fingerprint density at radius 2 is 1.90 bits per heavy atom. The van der Waals surface area contributed by atoms with Gasteiger partial charge in [0.25, 0.3) is 0 Å². The normalized spacial score (nSPS) is 14.0. The number of nitrogens with zero attached hydrogens (tertiary/aromatic N) is 1. The fourth-order valence-electron chi connectivity index (χ4n) is 2.61. The summed E-state index contributed by atoms with van der Waals surface area (Å²) in [7, 11) is 0. The summed E-state index contributed by atoms with van der Waals surface area (Å²) in [5.74, 6) is 0.962. The molecule has 114 valence electrons. The monoisotopic (exact) mass is 304 g/mol. The van der Waals surface area contributed by atoms with Gasteiger partial charge in [0.2, 0.25) is 0 Å². The van der Waals surface area contributed by atoms with Gasteiger partial charge in [-0.3, -0.25) is 0 Å². The molecule has 2 atom stereocenters.